The van der Waals surface area contributed by atoms with Gasteiger partial charge in [0.15, 0.2) is 11.5 Å². The molecule has 27 heavy (non-hydrogen) atoms. The summed E-state index contributed by atoms with van der Waals surface area (Å²) < 4.78 is 10.1. The fourth-order valence-corrected chi connectivity index (χ4v) is 2.14. The summed E-state index contributed by atoms with van der Waals surface area (Å²) in [7, 11) is 1.42. The van der Waals surface area contributed by atoms with Gasteiger partial charge in [-0.1, -0.05) is 6.07 Å². The molecule has 0 atom stereocenters. The first-order valence-electron chi connectivity index (χ1n) is 7.72. The van der Waals surface area contributed by atoms with Gasteiger partial charge in [-0.3, -0.25) is 9.59 Å². The van der Waals surface area contributed by atoms with Crippen molar-refractivity contribution in [2.45, 2.75) is 6.92 Å². The number of amides is 1. The zero-order chi connectivity index (χ0) is 20.0. The van der Waals surface area contributed by atoms with Crippen LogP contribution < -0.4 is 14.8 Å². The standard InChI is InChI=1S/C19H17NO7/c1-11(21)27-16-7-3-12(9-17(16)26-2)4-8-18(23)20-14-6-5-13(19(24)25)10-15(14)22/h3-10,22H,1-2H3,(H,20,23)(H,24,25)/b8-4+. The van der Waals surface area contributed by atoms with Crippen LogP contribution in [0.1, 0.15) is 22.8 Å². The number of phenolic OH excluding ortho intramolecular Hbond substituents is 1. The maximum Gasteiger partial charge on any atom is 0.335 e. The van der Waals surface area contributed by atoms with E-state index in [4.69, 9.17) is 14.6 Å². The van der Waals surface area contributed by atoms with Gasteiger partial charge >= 0.3 is 11.9 Å². The van der Waals surface area contributed by atoms with Gasteiger partial charge in [0.2, 0.25) is 5.91 Å². The first-order valence-corrected chi connectivity index (χ1v) is 7.72. The Labute approximate surface area is 154 Å². The summed E-state index contributed by atoms with van der Waals surface area (Å²) in [6.07, 6.45) is 2.73. The van der Waals surface area contributed by atoms with Gasteiger partial charge in [-0.25, -0.2) is 4.79 Å². The second kappa shape index (κ2) is 8.52. The van der Waals surface area contributed by atoms with Gasteiger partial charge in [0.1, 0.15) is 5.75 Å². The van der Waals surface area contributed by atoms with E-state index in [0.29, 0.717) is 11.3 Å². The van der Waals surface area contributed by atoms with Crippen molar-refractivity contribution < 1.29 is 34.1 Å². The van der Waals surface area contributed by atoms with Crippen LogP contribution in [-0.2, 0) is 9.59 Å². The molecule has 2 rings (SSSR count). The normalized spacial score (nSPS) is 10.4. The van der Waals surface area contributed by atoms with Crippen molar-refractivity contribution >= 4 is 29.6 Å². The third-order valence-corrected chi connectivity index (χ3v) is 3.37. The molecule has 140 valence electrons. The lowest BCUT2D eigenvalue weighted by Gasteiger charge is -2.08. The van der Waals surface area contributed by atoms with E-state index in [0.717, 1.165) is 6.07 Å². The average molecular weight is 371 g/mol. The fraction of sp³-hybridized carbons (Fsp3) is 0.105. The van der Waals surface area contributed by atoms with Crippen molar-refractivity contribution in [2.75, 3.05) is 12.4 Å². The van der Waals surface area contributed by atoms with Gasteiger partial charge in [0.05, 0.1) is 18.4 Å². The van der Waals surface area contributed by atoms with Crippen LogP contribution in [0.5, 0.6) is 17.2 Å². The number of carboxylic acid groups (broad SMARTS) is 1. The molecule has 0 aliphatic rings. The molecule has 0 aromatic heterocycles. The monoisotopic (exact) mass is 371 g/mol. The number of carbonyl (C=O) groups is 3. The number of phenols is 1. The lowest BCUT2D eigenvalue weighted by molar-refractivity contribution is -0.132. The molecule has 0 bridgehead atoms. The Bertz CT molecular complexity index is 918. The number of hydrogen-bond donors (Lipinski definition) is 3. The van der Waals surface area contributed by atoms with Crippen LogP contribution in [0.15, 0.2) is 42.5 Å². The highest BCUT2D eigenvalue weighted by molar-refractivity contribution is 6.03. The molecule has 2 aromatic rings. The molecule has 0 unspecified atom stereocenters. The van der Waals surface area contributed by atoms with E-state index in [2.05, 4.69) is 5.32 Å². The molecule has 8 heteroatoms. The fourth-order valence-electron chi connectivity index (χ4n) is 2.14. The number of methoxy groups -OCH3 is 1. The van der Waals surface area contributed by atoms with E-state index in [1.54, 1.807) is 12.1 Å². The summed E-state index contributed by atoms with van der Waals surface area (Å²) in [6.45, 7) is 1.27. The Morgan fingerprint density at radius 2 is 1.81 bits per heavy atom. The Kier molecular flexibility index (Phi) is 6.16. The SMILES string of the molecule is COc1cc(/C=C/C(=O)Nc2ccc(C(=O)O)cc2O)ccc1OC(C)=O. The topological polar surface area (TPSA) is 122 Å². The Hall–Kier alpha value is -3.81. The van der Waals surface area contributed by atoms with Crippen molar-refractivity contribution in [3.8, 4) is 17.2 Å². The van der Waals surface area contributed by atoms with E-state index in [-0.39, 0.29) is 22.7 Å². The second-order valence-electron chi connectivity index (χ2n) is 5.36. The van der Waals surface area contributed by atoms with Gasteiger partial charge < -0.3 is 25.0 Å². The first-order chi connectivity index (χ1) is 12.8. The minimum atomic E-state index is -1.19. The zero-order valence-corrected chi connectivity index (χ0v) is 14.6. The molecule has 2 aromatic carbocycles. The number of esters is 1. The number of aromatic hydroxyl groups is 1. The quantitative estimate of drug-likeness (QED) is 0.309. The number of rotatable bonds is 6. The lowest BCUT2D eigenvalue weighted by Crippen LogP contribution is -2.08. The minimum absolute atomic E-state index is 0.0810. The lowest BCUT2D eigenvalue weighted by atomic mass is 10.1. The first kappa shape index (κ1) is 19.5. The predicted molar refractivity (Wildman–Crippen MR) is 97.0 cm³/mol. The maximum atomic E-state index is 12.0. The molecule has 1 amide bonds. The molecular weight excluding hydrogens is 354 g/mol. The number of carbonyl (C=O) groups excluding carboxylic acids is 2. The van der Waals surface area contributed by atoms with Crippen molar-refractivity contribution in [1.82, 2.24) is 0 Å². The maximum absolute atomic E-state index is 12.0. The van der Waals surface area contributed by atoms with E-state index >= 15 is 0 Å². The van der Waals surface area contributed by atoms with Gasteiger partial charge in [-0.15, -0.1) is 0 Å². The molecule has 0 aliphatic carbocycles. The number of ether oxygens (including phenoxy) is 2. The highest BCUT2D eigenvalue weighted by Gasteiger charge is 2.10. The molecular formula is C19H17NO7. The zero-order valence-electron chi connectivity index (χ0n) is 14.6. The second-order valence-corrected chi connectivity index (χ2v) is 5.36. The van der Waals surface area contributed by atoms with Crippen molar-refractivity contribution in [3.63, 3.8) is 0 Å². The van der Waals surface area contributed by atoms with Crippen LogP contribution >= 0.6 is 0 Å². The van der Waals surface area contributed by atoms with Crippen LogP contribution in [0.25, 0.3) is 6.08 Å². The summed E-state index contributed by atoms with van der Waals surface area (Å²) in [5.41, 5.74) is 0.599. The molecule has 3 N–H and O–H groups in total. The number of carboxylic acids is 1. The third kappa shape index (κ3) is 5.33. The minimum Gasteiger partial charge on any atom is -0.506 e. The highest BCUT2D eigenvalue weighted by atomic mass is 16.6. The van der Waals surface area contributed by atoms with Crippen LogP contribution in [-0.4, -0.2) is 35.2 Å². The highest BCUT2D eigenvalue weighted by Crippen LogP contribution is 2.29. The van der Waals surface area contributed by atoms with E-state index in [9.17, 15) is 19.5 Å². The number of aromatic carboxylic acids is 1. The molecule has 0 spiro atoms. The van der Waals surface area contributed by atoms with Crippen LogP contribution in [0.3, 0.4) is 0 Å². The van der Waals surface area contributed by atoms with E-state index in [1.807, 2.05) is 0 Å². The smallest absolute Gasteiger partial charge is 0.335 e. The van der Waals surface area contributed by atoms with Crippen molar-refractivity contribution in [1.29, 1.82) is 0 Å². The molecule has 0 radical (unpaired) electrons. The Balaban J connectivity index is 2.10. The van der Waals surface area contributed by atoms with Crippen LogP contribution in [0, 0.1) is 0 Å². The van der Waals surface area contributed by atoms with Gasteiger partial charge in [0, 0.05) is 13.0 Å². The Morgan fingerprint density at radius 1 is 1.07 bits per heavy atom. The molecule has 0 fully saturated rings. The number of anilines is 1. The molecule has 0 saturated carbocycles. The largest absolute Gasteiger partial charge is 0.506 e. The molecule has 8 nitrogen and oxygen atoms in total. The van der Waals surface area contributed by atoms with Crippen LogP contribution in [0.4, 0.5) is 5.69 Å². The van der Waals surface area contributed by atoms with Gasteiger partial charge in [0.25, 0.3) is 0 Å². The van der Waals surface area contributed by atoms with E-state index in [1.165, 1.54) is 44.4 Å². The summed E-state index contributed by atoms with van der Waals surface area (Å²) in [5, 5.41) is 21.1. The third-order valence-electron chi connectivity index (χ3n) is 3.37. The summed E-state index contributed by atoms with van der Waals surface area (Å²) >= 11 is 0. The molecule has 0 saturated heterocycles. The van der Waals surface area contributed by atoms with E-state index < -0.39 is 17.8 Å². The Morgan fingerprint density at radius 3 is 2.41 bits per heavy atom. The van der Waals surface area contributed by atoms with Gasteiger partial charge in [-0.05, 0) is 42.0 Å². The summed E-state index contributed by atoms with van der Waals surface area (Å²) in [5.74, 6) is -1.97. The molecule has 0 aliphatic heterocycles. The van der Waals surface area contributed by atoms with Crippen LogP contribution in [0.2, 0.25) is 0 Å². The number of hydrogen-bond acceptors (Lipinski definition) is 6. The summed E-state index contributed by atoms with van der Waals surface area (Å²) in [4.78, 5) is 33.9. The van der Waals surface area contributed by atoms with Crippen molar-refractivity contribution in [2.24, 2.45) is 0 Å². The average Bonchev–Trinajstić information content (AvgIpc) is 2.61. The summed E-state index contributed by atoms with van der Waals surface area (Å²) in [6, 6.07) is 8.35. The predicted octanol–water partition coefficient (Wildman–Crippen LogP) is 2.68. The molecule has 0 heterocycles. The number of benzene rings is 2. The van der Waals surface area contributed by atoms with Gasteiger partial charge in [-0.2, -0.15) is 0 Å². The number of nitrogens with one attached hydrogen (secondary N) is 1. The van der Waals surface area contributed by atoms with Crippen molar-refractivity contribution in [3.05, 3.63) is 53.6 Å².